The minimum Gasteiger partial charge on any atom is -0.0650 e. The highest BCUT2D eigenvalue weighted by Gasteiger charge is 2.16. The molecule has 0 N–H and O–H groups in total. The molecule has 0 heterocycles. The summed E-state index contributed by atoms with van der Waals surface area (Å²) in [7, 11) is -0.361. The Morgan fingerprint density at radius 2 is 0.812 bits per heavy atom. The second-order valence-corrected chi connectivity index (χ2v) is 13.1. The van der Waals surface area contributed by atoms with E-state index in [9.17, 15) is 0 Å². The summed E-state index contributed by atoms with van der Waals surface area (Å²) < 4.78 is 0. The highest BCUT2D eigenvalue weighted by atomic mass is 31.1. The van der Waals surface area contributed by atoms with Crippen molar-refractivity contribution in [3.8, 4) is 0 Å². The average Bonchev–Trinajstić information content (AvgIpc) is 2.85. The molecule has 0 fully saturated rings. The van der Waals surface area contributed by atoms with E-state index >= 15 is 0 Å². The van der Waals surface area contributed by atoms with Crippen molar-refractivity contribution in [1.29, 1.82) is 0 Å². The van der Waals surface area contributed by atoms with Gasteiger partial charge in [-0.1, -0.05) is 149 Å². The lowest BCUT2D eigenvalue weighted by Gasteiger charge is -2.22. The Hall–Kier alpha value is -2.26. The van der Waals surface area contributed by atoms with E-state index in [1.165, 1.54) is 33.8 Å². The Balaban J connectivity index is 0.000000181. The van der Waals surface area contributed by atoms with Crippen LogP contribution in [-0.4, -0.2) is 11.8 Å². The van der Waals surface area contributed by atoms with Crippen LogP contribution in [0.2, 0.25) is 0 Å². The van der Waals surface area contributed by atoms with E-state index in [1.54, 1.807) is 0 Å². The van der Waals surface area contributed by atoms with E-state index in [-0.39, 0.29) is 15.8 Å². The summed E-state index contributed by atoms with van der Waals surface area (Å²) in [5, 5.41) is 5.92. The van der Waals surface area contributed by atoms with Gasteiger partial charge in [0.25, 0.3) is 0 Å². The van der Waals surface area contributed by atoms with Gasteiger partial charge in [0.05, 0.1) is 0 Å². The van der Waals surface area contributed by atoms with Crippen LogP contribution in [-0.2, 0) is 0 Å². The van der Waals surface area contributed by atoms with Gasteiger partial charge in [0, 0.05) is 0 Å². The maximum Gasteiger partial charge on any atom is -0.0186 e. The van der Waals surface area contributed by atoms with E-state index in [0.717, 1.165) is 0 Å². The first kappa shape index (κ1) is 24.4. The summed E-state index contributed by atoms with van der Waals surface area (Å²) in [6.07, 6.45) is 2.53. The maximum atomic E-state index is 2.31. The molecular weight excluding hydrogens is 422 g/mol. The fourth-order valence-electron chi connectivity index (χ4n) is 3.77. The second-order valence-electron chi connectivity index (χ2n) is 7.96. The van der Waals surface area contributed by atoms with Crippen LogP contribution < -0.4 is 21.2 Å². The Morgan fingerprint density at radius 3 is 1.09 bits per heavy atom. The Bertz CT molecular complexity index is 921. The van der Waals surface area contributed by atoms with E-state index in [2.05, 4.69) is 142 Å². The predicted molar refractivity (Wildman–Crippen MR) is 148 cm³/mol. The molecule has 0 saturated heterocycles. The van der Waals surface area contributed by atoms with Crippen molar-refractivity contribution in [2.75, 3.05) is 6.16 Å². The zero-order chi connectivity index (χ0) is 22.6. The zero-order valence-corrected chi connectivity index (χ0v) is 21.2. The first-order valence-corrected chi connectivity index (χ1v) is 14.4. The average molecular weight is 457 g/mol. The van der Waals surface area contributed by atoms with E-state index in [1.807, 2.05) is 0 Å². The maximum absolute atomic E-state index is 2.31. The van der Waals surface area contributed by atoms with Crippen molar-refractivity contribution >= 4 is 37.1 Å². The van der Waals surface area contributed by atoms with Crippen LogP contribution in [0.25, 0.3) is 0 Å². The molecule has 4 aromatic rings. The molecule has 0 amide bonds. The van der Waals surface area contributed by atoms with E-state index in [4.69, 9.17) is 0 Å². The molecule has 0 aliphatic heterocycles. The van der Waals surface area contributed by atoms with Crippen molar-refractivity contribution in [1.82, 2.24) is 0 Å². The third kappa shape index (κ3) is 7.13. The predicted octanol–water partition coefficient (Wildman–Crippen LogP) is 7.06. The van der Waals surface area contributed by atoms with Gasteiger partial charge in [-0.2, -0.15) is 0 Å². The molecular formula is C30H34P2. The first-order chi connectivity index (χ1) is 15.7. The number of hydrogen-bond donors (Lipinski definition) is 0. The van der Waals surface area contributed by atoms with Gasteiger partial charge < -0.3 is 0 Å². The highest BCUT2D eigenvalue weighted by molar-refractivity contribution is 7.73. The van der Waals surface area contributed by atoms with Gasteiger partial charge in [-0.3, -0.25) is 0 Å². The van der Waals surface area contributed by atoms with E-state index in [0.29, 0.717) is 5.66 Å². The monoisotopic (exact) mass is 456 g/mol. The van der Waals surface area contributed by atoms with Crippen molar-refractivity contribution in [3.63, 3.8) is 0 Å². The summed E-state index contributed by atoms with van der Waals surface area (Å²) in [5.74, 6) is 0. The Labute approximate surface area is 197 Å². The van der Waals surface area contributed by atoms with Crippen LogP contribution in [0.5, 0.6) is 0 Å². The van der Waals surface area contributed by atoms with Crippen molar-refractivity contribution in [2.24, 2.45) is 0 Å². The topological polar surface area (TPSA) is 0 Å². The minimum atomic E-state index is -0.210. The standard InChI is InChI=1S/2C15H17P/c1-13(2)16(14-9-5-3-6-10-14)15-11-7-4-8-12-15;1-2-13-16(14-9-5-3-6-10-14)15-11-7-4-8-12-15/h3-13H,1-2H3;3-12H,2,13H2,1H3. The summed E-state index contributed by atoms with van der Waals surface area (Å²) in [5.41, 5.74) is 0.680. The minimum absolute atomic E-state index is 0.151. The van der Waals surface area contributed by atoms with Gasteiger partial charge in [-0.25, -0.2) is 0 Å². The quantitative estimate of drug-likeness (QED) is 0.261. The number of hydrogen-bond acceptors (Lipinski definition) is 0. The van der Waals surface area contributed by atoms with Gasteiger partial charge in [0.1, 0.15) is 0 Å². The Morgan fingerprint density at radius 1 is 0.500 bits per heavy atom. The van der Waals surface area contributed by atoms with Crippen LogP contribution in [0.1, 0.15) is 27.2 Å². The smallest absolute Gasteiger partial charge is 0.0186 e. The fraction of sp³-hybridized carbons (Fsp3) is 0.200. The summed E-state index contributed by atoms with van der Waals surface area (Å²) in [6.45, 7) is 6.89. The van der Waals surface area contributed by atoms with Crippen LogP contribution in [0.4, 0.5) is 0 Å². The number of benzene rings is 4. The lowest BCUT2D eigenvalue weighted by molar-refractivity contribution is 1.10. The lowest BCUT2D eigenvalue weighted by Crippen LogP contribution is -2.17. The molecule has 164 valence electrons. The fourth-order valence-corrected chi connectivity index (χ4v) is 8.57. The molecule has 4 aromatic carbocycles. The van der Waals surface area contributed by atoms with Crippen LogP contribution in [0, 0.1) is 0 Å². The molecule has 0 bridgehead atoms. The van der Waals surface area contributed by atoms with Crippen molar-refractivity contribution in [2.45, 2.75) is 32.9 Å². The third-order valence-corrected chi connectivity index (χ3v) is 10.6. The van der Waals surface area contributed by atoms with Crippen LogP contribution in [0.15, 0.2) is 121 Å². The molecule has 0 nitrogen and oxygen atoms in total. The molecule has 0 atom stereocenters. The second kappa shape index (κ2) is 13.3. The van der Waals surface area contributed by atoms with Crippen molar-refractivity contribution in [3.05, 3.63) is 121 Å². The molecule has 0 aliphatic rings. The summed E-state index contributed by atoms with van der Waals surface area (Å²) in [4.78, 5) is 0. The van der Waals surface area contributed by atoms with Crippen LogP contribution >= 0.6 is 15.8 Å². The van der Waals surface area contributed by atoms with Gasteiger partial charge in [-0.05, 0) is 48.9 Å². The summed E-state index contributed by atoms with van der Waals surface area (Å²) in [6, 6.07) is 43.5. The molecule has 2 heteroatoms. The molecule has 0 saturated carbocycles. The van der Waals surface area contributed by atoms with Gasteiger partial charge in [0.2, 0.25) is 0 Å². The van der Waals surface area contributed by atoms with Gasteiger partial charge in [-0.15, -0.1) is 0 Å². The lowest BCUT2D eigenvalue weighted by atomic mass is 10.4. The molecule has 0 aromatic heterocycles. The molecule has 0 aliphatic carbocycles. The van der Waals surface area contributed by atoms with Crippen LogP contribution in [0.3, 0.4) is 0 Å². The molecule has 0 radical (unpaired) electrons. The van der Waals surface area contributed by atoms with Crippen molar-refractivity contribution < 1.29 is 0 Å². The SMILES string of the molecule is CC(C)P(c1ccccc1)c1ccccc1.CCCP(c1ccccc1)c1ccccc1. The number of rotatable bonds is 7. The molecule has 0 spiro atoms. The normalized spacial score (nSPS) is 10.8. The summed E-state index contributed by atoms with van der Waals surface area (Å²) >= 11 is 0. The zero-order valence-electron chi connectivity index (χ0n) is 19.4. The molecule has 0 unspecified atom stereocenters. The Kier molecular flexibility index (Phi) is 10.2. The van der Waals surface area contributed by atoms with E-state index < -0.39 is 0 Å². The molecule has 32 heavy (non-hydrogen) atoms. The van der Waals surface area contributed by atoms with Gasteiger partial charge in [0.15, 0.2) is 0 Å². The largest absolute Gasteiger partial charge is 0.0650 e. The third-order valence-electron chi connectivity index (χ3n) is 5.17. The highest BCUT2D eigenvalue weighted by Crippen LogP contribution is 2.38. The van der Waals surface area contributed by atoms with Gasteiger partial charge >= 0.3 is 0 Å². The first-order valence-electron chi connectivity index (χ1n) is 11.5. The molecule has 4 rings (SSSR count).